The molecule has 7 heteroatoms. The molecule has 1 aliphatic carbocycles. The number of aryl methyl sites for hydroxylation is 2. The van der Waals surface area contributed by atoms with Gasteiger partial charge in [-0.25, -0.2) is 0 Å². The van der Waals surface area contributed by atoms with Crippen LogP contribution in [0.5, 0.6) is 5.75 Å². The van der Waals surface area contributed by atoms with Crippen LogP contribution in [-0.4, -0.2) is 22.7 Å². The molecule has 2 aromatic carbocycles. The Hall–Kier alpha value is -3.35. The molecule has 0 radical (unpaired) electrons. The van der Waals surface area contributed by atoms with Gasteiger partial charge in [0.15, 0.2) is 0 Å². The summed E-state index contributed by atoms with van der Waals surface area (Å²) in [6.07, 6.45) is 1.05. The number of fused-ring (bicyclic) bond motifs is 1. The van der Waals surface area contributed by atoms with Crippen molar-refractivity contribution in [1.82, 2.24) is 4.98 Å². The maximum atomic E-state index is 12.8. The highest BCUT2D eigenvalue weighted by Gasteiger charge is 2.30. The normalized spacial score (nSPS) is 13.4. The van der Waals surface area contributed by atoms with E-state index in [9.17, 15) is 18.0 Å². The quantitative estimate of drug-likeness (QED) is 0.393. The van der Waals surface area contributed by atoms with Crippen LogP contribution in [0.25, 0.3) is 11.3 Å². The number of aromatic nitrogens is 1. The van der Waals surface area contributed by atoms with Crippen LogP contribution >= 0.6 is 0 Å². The van der Waals surface area contributed by atoms with E-state index in [4.69, 9.17) is 9.84 Å². The minimum atomic E-state index is -4.36. The molecule has 0 saturated carbocycles. The molecule has 0 aliphatic heterocycles. The number of pyridine rings is 1. The lowest BCUT2D eigenvalue weighted by Gasteiger charge is -2.23. The number of rotatable bonds is 8. The first-order chi connectivity index (χ1) is 16.7. The molecule has 3 aromatic rings. The summed E-state index contributed by atoms with van der Waals surface area (Å²) in [5.41, 5.74) is 5.98. The first-order valence-corrected chi connectivity index (χ1v) is 11.8. The van der Waals surface area contributed by atoms with Gasteiger partial charge in [0.25, 0.3) is 0 Å². The Balaban J connectivity index is 1.42. The van der Waals surface area contributed by atoms with E-state index < -0.39 is 17.7 Å². The Morgan fingerprint density at radius 3 is 2.29 bits per heavy atom. The number of hydrogen-bond acceptors (Lipinski definition) is 3. The second kappa shape index (κ2) is 10.5. The molecule has 184 valence electrons. The van der Waals surface area contributed by atoms with Crippen molar-refractivity contribution < 1.29 is 27.8 Å². The number of hydrogen-bond donors (Lipinski definition) is 1. The van der Waals surface area contributed by atoms with Gasteiger partial charge < -0.3 is 9.84 Å². The summed E-state index contributed by atoms with van der Waals surface area (Å²) in [6.45, 7) is 2.37. The van der Waals surface area contributed by atoms with Gasteiger partial charge in [-0.2, -0.15) is 13.2 Å². The van der Waals surface area contributed by atoms with E-state index in [1.807, 2.05) is 31.2 Å². The second-order valence-electron chi connectivity index (χ2n) is 8.90. The molecule has 0 saturated heterocycles. The number of ether oxygens (including phenoxy) is 1. The van der Waals surface area contributed by atoms with Crippen LogP contribution in [0.15, 0.2) is 48.5 Å². The van der Waals surface area contributed by atoms with E-state index in [2.05, 4.69) is 4.98 Å². The van der Waals surface area contributed by atoms with Crippen LogP contribution in [0.1, 0.15) is 52.8 Å². The topological polar surface area (TPSA) is 59.4 Å². The maximum Gasteiger partial charge on any atom is 0.416 e. The van der Waals surface area contributed by atoms with Crippen molar-refractivity contribution in [1.29, 1.82) is 0 Å². The zero-order valence-electron chi connectivity index (χ0n) is 19.6. The number of carboxylic acids is 1. The third kappa shape index (κ3) is 6.02. The number of alkyl halides is 3. The Bertz CT molecular complexity index is 1200. The zero-order valence-corrected chi connectivity index (χ0v) is 19.6. The van der Waals surface area contributed by atoms with Gasteiger partial charge in [0, 0.05) is 24.1 Å². The summed E-state index contributed by atoms with van der Waals surface area (Å²) in [5.74, 6) is 0.0777. The van der Waals surface area contributed by atoms with Crippen molar-refractivity contribution in [2.45, 2.75) is 58.0 Å². The van der Waals surface area contributed by atoms with Crippen molar-refractivity contribution in [3.63, 3.8) is 0 Å². The molecule has 0 bridgehead atoms. The number of aliphatic carboxylic acids is 1. The van der Waals surface area contributed by atoms with Crippen LogP contribution in [0.2, 0.25) is 0 Å². The molecule has 1 aromatic heterocycles. The molecular formula is C28H28F3NO3. The van der Waals surface area contributed by atoms with Crippen LogP contribution < -0.4 is 4.74 Å². The molecule has 0 amide bonds. The summed E-state index contributed by atoms with van der Waals surface area (Å²) in [5, 5.41) is 9.03. The van der Waals surface area contributed by atoms with Gasteiger partial charge in [-0.15, -0.1) is 0 Å². The van der Waals surface area contributed by atoms with Crippen molar-refractivity contribution in [3.05, 3.63) is 82.0 Å². The lowest BCUT2D eigenvalue weighted by Crippen LogP contribution is -2.12. The second-order valence-corrected chi connectivity index (χ2v) is 8.90. The van der Waals surface area contributed by atoms with Gasteiger partial charge in [-0.1, -0.05) is 24.3 Å². The summed E-state index contributed by atoms with van der Waals surface area (Å²) in [7, 11) is 0. The molecule has 0 atom stereocenters. The van der Waals surface area contributed by atoms with Crippen LogP contribution in [0.4, 0.5) is 13.2 Å². The standard InChI is InChI=1S/C28H28F3NO3/c1-18-19(8-13-25(32-18)21-6-11-22(12-7-21)28(29,30)31)16-17-35-26-14-9-20(10-15-27(33)34)23-4-2-3-5-24(23)26/h6-9,11-14H,2-5,10,15-17H2,1H3,(H,33,34). The molecule has 0 spiro atoms. The minimum Gasteiger partial charge on any atom is -0.493 e. The zero-order chi connectivity index (χ0) is 25.0. The molecule has 1 aliphatic rings. The fraction of sp³-hybridized carbons (Fsp3) is 0.357. The fourth-order valence-corrected chi connectivity index (χ4v) is 4.64. The average Bonchev–Trinajstić information content (AvgIpc) is 2.83. The SMILES string of the molecule is Cc1nc(-c2ccc(C(F)(F)F)cc2)ccc1CCOc1ccc(CCC(=O)O)c2c1CCCC2. The highest BCUT2D eigenvalue weighted by Crippen LogP contribution is 2.33. The monoisotopic (exact) mass is 483 g/mol. The molecule has 35 heavy (non-hydrogen) atoms. The molecule has 0 unspecified atom stereocenters. The lowest BCUT2D eigenvalue weighted by molar-refractivity contribution is -0.138. The Morgan fingerprint density at radius 1 is 0.943 bits per heavy atom. The average molecular weight is 484 g/mol. The molecule has 1 heterocycles. The van der Waals surface area contributed by atoms with Crippen LogP contribution in [0.3, 0.4) is 0 Å². The summed E-state index contributed by atoms with van der Waals surface area (Å²) >= 11 is 0. The summed E-state index contributed by atoms with van der Waals surface area (Å²) in [4.78, 5) is 15.6. The van der Waals surface area contributed by atoms with Crippen molar-refractivity contribution in [2.75, 3.05) is 6.61 Å². The molecule has 4 rings (SSSR count). The van der Waals surface area contributed by atoms with E-state index in [-0.39, 0.29) is 6.42 Å². The third-order valence-electron chi connectivity index (χ3n) is 6.53. The predicted molar refractivity (Wildman–Crippen MR) is 128 cm³/mol. The molecule has 1 N–H and O–H groups in total. The number of benzene rings is 2. The van der Waals surface area contributed by atoms with E-state index in [0.717, 1.165) is 60.4 Å². The van der Waals surface area contributed by atoms with E-state index in [1.165, 1.54) is 23.3 Å². The van der Waals surface area contributed by atoms with Crippen LogP contribution in [0, 0.1) is 6.92 Å². The van der Waals surface area contributed by atoms with Crippen molar-refractivity contribution in [3.8, 4) is 17.0 Å². The van der Waals surface area contributed by atoms with Gasteiger partial charge in [-0.05, 0) is 85.5 Å². The third-order valence-corrected chi connectivity index (χ3v) is 6.53. The Kier molecular flexibility index (Phi) is 7.43. The largest absolute Gasteiger partial charge is 0.493 e. The highest BCUT2D eigenvalue weighted by atomic mass is 19.4. The smallest absolute Gasteiger partial charge is 0.416 e. The number of halogens is 3. The number of carboxylic acid groups (broad SMARTS) is 1. The summed E-state index contributed by atoms with van der Waals surface area (Å²) < 4.78 is 44.6. The number of carbonyl (C=O) groups is 1. The maximum absolute atomic E-state index is 12.8. The van der Waals surface area contributed by atoms with Gasteiger partial charge in [-0.3, -0.25) is 9.78 Å². The Morgan fingerprint density at radius 2 is 1.63 bits per heavy atom. The van der Waals surface area contributed by atoms with Gasteiger partial charge in [0.1, 0.15) is 5.75 Å². The van der Waals surface area contributed by atoms with Gasteiger partial charge >= 0.3 is 12.1 Å². The van der Waals surface area contributed by atoms with Gasteiger partial charge in [0.05, 0.1) is 17.9 Å². The Labute approximate surface area is 202 Å². The first kappa shape index (κ1) is 24.8. The first-order valence-electron chi connectivity index (χ1n) is 11.8. The summed E-state index contributed by atoms with van der Waals surface area (Å²) in [6, 6.07) is 12.7. The number of nitrogens with zero attached hydrogens (tertiary/aromatic N) is 1. The van der Waals surface area contributed by atoms with Crippen molar-refractivity contribution >= 4 is 5.97 Å². The molecular weight excluding hydrogens is 455 g/mol. The molecule has 4 nitrogen and oxygen atoms in total. The lowest BCUT2D eigenvalue weighted by atomic mass is 9.86. The van der Waals surface area contributed by atoms with E-state index >= 15 is 0 Å². The fourth-order valence-electron chi connectivity index (χ4n) is 4.64. The predicted octanol–water partition coefficient (Wildman–Crippen LogP) is 6.59. The van der Waals surface area contributed by atoms with E-state index in [0.29, 0.717) is 30.7 Å². The van der Waals surface area contributed by atoms with E-state index in [1.54, 1.807) is 0 Å². The molecule has 0 fully saturated rings. The van der Waals surface area contributed by atoms with Crippen LogP contribution in [-0.2, 0) is 36.7 Å². The van der Waals surface area contributed by atoms with Gasteiger partial charge in [0.2, 0.25) is 0 Å². The van der Waals surface area contributed by atoms with Crippen molar-refractivity contribution in [2.24, 2.45) is 0 Å². The minimum absolute atomic E-state index is 0.126. The highest BCUT2D eigenvalue weighted by molar-refractivity contribution is 5.67.